The third kappa shape index (κ3) is 3.35. The number of hydrogen-bond donors (Lipinski definition) is 3. The standard InChI is InChI=1S/C13H16N4O/c1-2-13(18)16-11-5-3-4-10(8-11)14-9-12-6-7-15-17-12/h3-8,14H,2,9H2,1H3,(H,15,17)(H,16,18). The Hall–Kier alpha value is -2.30. The minimum absolute atomic E-state index is 0.0146. The molecule has 0 aliphatic rings. The molecule has 0 unspecified atom stereocenters. The number of carbonyl (C=O) groups is 1. The molecule has 2 aromatic rings. The molecule has 0 saturated carbocycles. The van der Waals surface area contributed by atoms with E-state index < -0.39 is 0 Å². The van der Waals surface area contributed by atoms with Crippen molar-refractivity contribution in [1.29, 1.82) is 0 Å². The van der Waals surface area contributed by atoms with Gasteiger partial charge in [0.1, 0.15) is 0 Å². The van der Waals surface area contributed by atoms with Gasteiger partial charge >= 0.3 is 0 Å². The van der Waals surface area contributed by atoms with Crippen LogP contribution in [0.25, 0.3) is 0 Å². The first-order valence-corrected chi connectivity index (χ1v) is 5.90. The molecule has 0 spiro atoms. The summed E-state index contributed by atoms with van der Waals surface area (Å²) in [7, 11) is 0. The lowest BCUT2D eigenvalue weighted by Crippen LogP contribution is -2.09. The third-order valence-electron chi connectivity index (χ3n) is 2.51. The van der Waals surface area contributed by atoms with Gasteiger partial charge in [0.15, 0.2) is 0 Å². The first-order valence-electron chi connectivity index (χ1n) is 5.90. The lowest BCUT2D eigenvalue weighted by molar-refractivity contribution is -0.115. The fourth-order valence-corrected chi connectivity index (χ4v) is 1.54. The average molecular weight is 244 g/mol. The molecule has 3 N–H and O–H groups in total. The zero-order valence-electron chi connectivity index (χ0n) is 10.2. The van der Waals surface area contributed by atoms with E-state index in [1.165, 1.54) is 0 Å². The van der Waals surface area contributed by atoms with Crippen LogP contribution in [0, 0.1) is 0 Å². The van der Waals surface area contributed by atoms with E-state index in [-0.39, 0.29) is 5.91 Å². The van der Waals surface area contributed by atoms with Crippen LogP contribution < -0.4 is 10.6 Å². The van der Waals surface area contributed by atoms with E-state index >= 15 is 0 Å². The number of nitrogens with one attached hydrogen (secondary N) is 3. The molecule has 5 heteroatoms. The highest BCUT2D eigenvalue weighted by atomic mass is 16.1. The molecular weight excluding hydrogens is 228 g/mol. The summed E-state index contributed by atoms with van der Waals surface area (Å²) in [5.74, 6) is 0.0146. The van der Waals surface area contributed by atoms with Crippen molar-refractivity contribution in [1.82, 2.24) is 10.2 Å². The van der Waals surface area contributed by atoms with Crippen LogP contribution in [-0.2, 0) is 11.3 Å². The Labute approximate surface area is 106 Å². The molecule has 18 heavy (non-hydrogen) atoms. The molecule has 94 valence electrons. The van der Waals surface area contributed by atoms with Crippen molar-refractivity contribution in [2.75, 3.05) is 10.6 Å². The summed E-state index contributed by atoms with van der Waals surface area (Å²) in [5, 5.41) is 12.8. The van der Waals surface area contributed by atoms with E-state index in [0.29, 0.717) is 13.0 Å². The normalized spacial score (nSPS) is 10.1. The molecular formula is C13H16N4O. The van der Waals surface area contributed by atoms with Gasteiger partial charge in [0.2, 0.25) is 5.91 Å². The van der Waals surface area contributed by atoms with Crippen molar-refractivity contribution in [3.63, 3.8) is 0 Å². The molecule has 1 aromatic heterocycles. The monoisotopic (exact) mass is 244 g/mol. The predicted octanol–water partition coefficient (Wildman–Crippen LogP) is 2.37. The Kier molecular flexibility index (Phi) is 3.96. The summed E-state index contributed by atoms with van der Waals surface area (Å²) >= 11 is 0. The van der Waals surface area contributed by atoms with Crippen molar-refractivity contribution in [3.8, 4) is 0 Å². The van der Waals surface area contributed by atoms with Gasteiger partial charge in [-0.05, 0) is 24.3 Å². The van der Waals surface area contributed by atoms with Gasteiger partial charge in [-0.15, -0.1) is 0 Å². The number of carbonyl (C=O) groups excluding carboxylic acids is 1. The van der Waals surface area contributed by atoms with Crippen LogP contribution in [-0.4, -0.2) is 16.1 Å². The highest BCUT2D eigenvalue weighted by molar-refractivity contribution is 5.90. The van der Waals surface area contributed by atoms with Crippen LogP contribution >= 0.6 is 0 Å². The van der Waals surface area contributed by atoms with Gasteiger partial charge in [-0.2, -0.15) is 5.10 Å². The second-order valence-corrected chi connectivity index (χ2v) is 3.92. The van der Waals surface area contributed by atoms with Crippen molar-refractivity contribution in [2.24, 2.45) is 0 Å². The maximum absolute atomic E-state index is 11.3. The molecule has 0 atom stereocenters. The highest BCUT2D eigenvalue weighted by Gasteiger charge is 2.00. The topological polar surface area (TPSA) is 69.8 Å². The van der Waals surface area contributed by atoms with Gasteiger partial charge in [-0.1, -0.05) is 13.0 Å². The van der Waals surface area contributed by atoms with Gasteiger partial charge in [-0.3, -0.25) is 9.89 Å². The molecule has 0 bridgehead atoms. The van der Waals surface area contributed by atoms with Crippen LogP contribution in [0.2, 0.25) is 0 Å². The van der Waals surface area contributed by atoms with Gasteiger partial charge in [0.05, 0.1) is 12.2 Å². The van der Waals surface area contributed by atoms with Crippen LogP contribution in [0.4, 0.5) is 11.4 Å². The molecule has 1 aromatic carbocycles. The van der Waals surface area contributed by atoms with Crippen LogP contribution in [0.5, 0.6) is 0 Å². The number of hydrogen-bond acceptors (Lipinski definition) is 3. The van der Waals surface area contributed by atoms with Gasteiger partial charge in [0.25, 0.3) is 0 Å². The number of benzene rings is 1. The van der Waals surface area contributed by atoms with Crippen molar-refractivity contribution >= 4 is 17.3 Å². The van der Waals surface area contributed by atoms with E-state index in [1.807, 2.05) is 37.3 Å². The summed E-state index contributed by atoms with van der Waals surface area (Å²) in [6.45, 7) is 2.50. The fraction of sp³-hybridized carbons (Fsp3) is 0.231. The number of aromatic nitrogens is 2. The average Bonchev–Trinajstić information content (AvgIpc) is 2.90. The quantitative estimate of drug-likeness (QED) is 0.756. The highest BCUT2D eigenvalue weighted by Crippen LogP contribution is 2.15. The van der Waals surface area contributed by atoms with Crippen molar-refractivity contribution < 1.29 is 4.79 Å². The Morgan fingerprint density at radius 2 is 2.17 bits per heavy atom. The fourth-order valence-electron chi connectivity index (χ4n) is 1.54. The number of rotatable bonds is 5. The minimum Gasteiger partial charge on any atom is -0.379 e. The van der Waals surface area contributed by atoms with E-state index in [1.54, 1.807) is 6.20 Å². The largest absolute Gasteiger partial charge is 0.379 e. The van der Waals surface area contributed by atoms with Crippen molar-refractivity contribution in [3.05, 3.63) is 42.2 Å². The zero-order chi connectivity index (χ0) is 12.8. The molecule has 0 aliphatic heterocycles. The summed E-state index contributed by atoms with van der Waals surface area (Å²) in [6.07, 6.45) is 2.20. The van der Waals surface area contributed by atoms with Crippen LogP contribution in [0.3, 0.4) is 0 Å². The molecule has 1 amide bonds. The SMILES string of the molecule is CCC(=O)Nc1cccc(NCc2ccn[nH]2)c1. The van der Waals surface area contributed by atoms with Crippen LogP contribution in [0.15, 0.2) is 36.5 Å². The van der Waals surface area contributed by atoms with Gasteiger partial charge < -0.3 is 10.6 Å². The second kappa shape index (κ2) is 5.86. The van der Waals surface area contributed by atoms with E-state index in [4.69, 9.17) is 0 Å². The molecule has 0 saturated heterocycles. The molecule has 2 rings (SSSR count). The Bertz CT molecular complexity index is 507. The third-order valence-corrected chi connectivity index (χ3v) is 2.51. The first kappa shape index (κ1) is 12.2. The van der Waals surface area contributed by atoms with Gasteiger partial charge in [0, 0.05) is 24.0 Å². The smallest absolute Gasteiger partial charge is 0.224 e. The zero-order valence-corrected chi connectivity index (χ0v) is 10.2. The lowest BCUT2D eigenvalue weighted by atomic mass is 10.2. The second-order valence-electron chi connectivity index (χ2n) is 3.92. The number of H-pyrrole nitrogens is 1. The number of anilines is 2. The van der Waals surface area contributed by atoms with Crippen LogP contribution in [0.1, 0.15) is 19.0 Å². The number of aromatic amines is 1. The molecule has 0 fully saturated rings. The van der Waals surface area contributed by atoms with Crippen molar-refractivity contribution in [2.45, 2.75) is 19.9 Å². The number of amides is 1. The molecule has 0 aliphatic carbocycles. The summed E-state index contributed by atoms with van der Waals surface area (Å²) < 4.78 is 0. The summed E-state index contributed by atoms with van der Waals surface area (Å²) in [5.41, 5.74) is 2.77. The Morgan fingerprint density at radius 1 is 1.33 bits per heavy atom. The minimum atomic E-state index is 0.0146. The van der Waals surface area contributed by atoms with E-state index in [0.717, 1.165) is 17.1 Å². The first-order chi connectivity index (χ1) is 8.78. The summed E-state index contributed by atoms with van der Waals surface area (Å²) in [6, 6.07) is 9.55. The Morgan fingerprint density at radius 3 is 2.89 bits per heavy atom. The van der Waals surface area contributed by atoms with Gasteiger partial charge in [-0.25, -0.2) is 0 Å². The summed E-state index contributed by atoms with van der Waals surface area (Å²) in [4.78, 5) is 11.3. The molecule has 5 nitrogen and oxygen atoms in total. The lowest BCUT2D eigenvalue weighted by Gasteiger charge is -2.08. The van der Waals surface area contributed by atoms with E-state index in [9.17, 15) is 4.79 Å². The Balaban J connectivity index is 1.96. The maximum atomic E-state index is 11.3. The van der Waals surface area contributed by atoms with E-state index in [2.05, 4.69) is 20.8 Å². The predicted molar refractivity (Wildman–Crippen MR) is 71.3 cm³/mol. The maximum Gasteiger partial charge on any atom is 0.224 e. The number of nitrogens with zero attached hydrogens (tertiary/aromatic N) is 1. The molecule has 0 radical (unpaired) electrons. The molecule has 1 heterocycles.